The van der Waals surface area contributed by atoms with Crippen LogP contribution in [0.3, 0.4) is 0 Å². The van der Waals surface area contributed by atoms with Crippen LogP contribution in [-0.4, -0.2) is 72.0 Å². The van der Waals surface area contributed by atoms with Gasteiger partial charge in [0.25, 0.3) is 15.9 Å². The van der Waals surface area contributed by atoms with Gasteiger partial charge >= 0.3 is 0 Å². The number of amides is 1. The van der Waals surface area contributed by atoms with Crippen LogP contribution in [0.5, 0.6) is 5.88 Å². The summed E-state index contributed by atoms with van der Waals surface area (Å²) in [6.07, 6.45) is 11.2. The van der Waals surface area contributed by atoms with E-state index in [9.17, 15) is 13.2 Å². The van der Waals surface area contributed by atoms with E-state index < -0.39 is 21.5 Å². The molecule has 1 amide bonds. The lowest BCUT2D eigenvalue weighted by Crippen LogP contribution is -2.41. The fourth-order valence-electron chi connectivity index (χ4n) is 6.41. The minimum atomic E-state index is -4.25. The number of anilines is 2. The summed E-state index contributed by atoms with van der Waals surface area (Å²) >= 11 is 0. The molecule has 12 nitrogen and oxygen atoms in total. The number of sulfonamides is 1. The Morgan fingerprint density at radius 2 is 1.89 bits per heavy atom. The predicted molar refractivity (Wildman–Crippen MR) is 166 cm³/mol. The van der Waals surface area contributed by atoms with E-state index in [0.717, 1.165) is 6.42 Å². The molecule has 44 heavy (non-hydrogen) atoms. The number of nitrogens with zero attached hydrogens (tertiary/aromatic N) is 5. The van der Waals surface area contributed by atoms with Gasteiger partial charge in [0, 0.05) is 30.9 Å². The predicted octanol–water partition coefficient (Wildman–Crippen LogP) is 4.32. The topological polar surface area (TPSA) is 141 Å². The Kier molecular flexibility index (Phi) is 8.77. The van der Waals surface area contributed by atoms with Crippen molar-refractivity contribution in [3.8, 4) is 11.7 Å². The zero-order valence-corrected chi connectivity index (χ0v) is 26.2. The summed E-state index contributed by atoms with van der Waals surface area (Å²) in [5.41, 5.74) is -0.293. The van der Waals surface area contributed by atoms with Gasteiger partial charge in [0.15, 0.2) is 10.8 Å². The summed E-state index contributed by atoms with van der Waals surface area (Å²) in [6, 6.07) is 9.64. The van der Waals surface area contributed by atoms with Gasteiger partial charge in [-0.15, -0.1) is 5.10 Å². The first kappa shape index (κ1) is 30.3. The normalized spacial score (nSPS) is 22.1. The van der Waals surface area contributed by atoms with Crippen molar-refractivity contribution in [2.75, 3.05) is 36.5 Å². The maximum absolute atomic E-state index is 13.6. The van der Waals surface area contributed by atoms with E-state index in [1.807, 2.05) is 11.0 Å². The molecule has 1 aliphatic carbocycles. The number of hydrogen-bond donors (Lipinski definition) is 2. The molecule has 3 aromatic heterocycles. The second-order valence-electron chi connectivity index (χ2n) is 12.5. The smallest absolute Gasteiger partial charge is 0.281 e. The first-order valence-electron chi connectivity index (χ1n) is 15.6. The van der Waals surface area contributed by atoms with Crippen LogP contribution in [0.25, 0.3) is 5.82 Å². The first-order chi connectivity index (χ1) is 21.2. The van der Waals surface area contributed by atoms with E-state index in [4.69, 9.17) is 14.5 Å². The van der Waals surface area contributed by atoms with Crippen LogP contribution in [-0.2, 0) is 14.8 Å². The molecule has 3 aromatic rings. The number of aromatic nitrogens is 4. The van der Waals surface area contributed by atoms with E-state index in [-0.39, 0.29) is 16.7 Å². The highest BCUT2D eigenvalue weighted by Crippen LogP contribution is 2.36. The molecule has 0 radical (unpaired) electrons. The molecule has 2 aliphatic heterocycles. The average Bonchev–Trinajstić information content (AvgIpc) is 3.48. The number of carbonyl (C=O) groups is 1. The third-order valence-electron chi connectivity index (χ3n) is 8.74. The molecule has 236 valence electrons. The number of nitrogens with one attached hydrogen (secondary N) is 2. The Hall–Kier alpha value is -3.71. The van der Waals surface area contributed by atoms with Gasteiger partial charge in [0.2, 0.25) is 5.88 Å². The molecule has 1 unspecified atom stereocenters. The Balaban J connectivity index is 1.28. The molecular weight excluding hydrogens is 582 g/mol. The van der Waals surface area contributed by atoms with Gasteiger partial charge in [0.05, 0.1) is 24.9 Å². The van der Waals surface area contributed by atoms with Crippen LogP contribution in [0.15, 0.2) is 47.6 Å². The third kappa shape index (κ3) is 6.83. The molecule has 2 fully saturated rings. The summed E-state index contributed by atoms with van der Waals surface area (Å²) in [5, 5.41) is 7.44. The van der Waals surface area contributed by atoms with Gasteiger partial charge in [-0.3, -0.25) is 4.79 Å². The number of rotatable bonds is 5. The van der Waals surface area contributed by atoms with Crippen molar-refractivity contribution in [2.45, 2.75) is 81.9 Å². The first-order valence-corrected chi connectivity index (χ1v) is 17.0. The van der Waals surface area contributed by atoms with Crippen molar-refractivity contribution in [3.05, 3.63) is 48.2 Å². The molecule has 1 saturated carbocycles. The lowest BCUT2D eigenvalue weighted by molar-refractivity contribution is 0.0710. The van der Waals surface area contributed by atoms with Crippen LogP contribution in [0.4, 0.5) is 11.6 Å². The van der Waals surface area contributed by atoms with Gasteiger partial charge in [-0.05, 0) is 56.9 Å². The number of hydrogen-bond acceptors (Lipinski definition) is 10. The second kappa shape index (κ2) is 12.7. The Bertz CT molecular complexity index is 1580. The Morgan fingerprint density at radius 1 is 1.07 bits per heavy atom. The lowest BCUT2D eigenvalue weighted by atomic mass is 9.97. The summed E-state index contributed by atoms with van der Waals surface area (Å²) in [6.45, 7) is 6.08. The fraction of sp³-hybridized carbons (Fsp3) is 0.548. The van der Waals surface area contributed by atoms with Crippen molar-refractivity contribution in [2.24, 2.45) is 5.92 Å². The summed E-state index contributed by atoms with van der Waals surface area (Å²) in [4.78, 5) is 24.7. The van der Waals surface area contributed by atoms with Crippen LogP contribution in [0.2, 0.25) is 0 Å². The Labute approximate surface area is 258 Å². The highest BCUT2D eigenvalue weighted by molar-refractivity contribution is 7.90. The van der Waals surface area contributed by atoms with Gasteiger partial charge in [-0.1, -0.05) is 44.6 Å². The number of ether oxygens (including phenoxy) is 2. The number of carbonyl (C=O) groups excluding carboxylic acids is 1. The molecule has 4 bridgehead atoms. The molecule has 1 saturated heterocycles. The number of pyridine rings is 2. The summed E-state index contributed by atoms with van der Waals surface area (Å²) in [5.74, 6) is 1.64. The Morgan fingerprint density at radius 3 is 2.70 bits per heavy atom. The second-order valence-corrected chi connectivity index (χ2v) is 14.1. The minimum absolute atomic E-state index is 0.112. The molecule has 2 N–H and O–H groups in total. The number of fused-ring (bicyclic) bond motifs is 6. The van der Waals surface area contributed by atoms with Crippen molar-refractivity contribution in [1.82, 2.24) is 24.5 Å². The monoisotopic (exact) mass is 623 g/mol. The van der Waals surface area contributed by atoms with Crippen LogP contribution >= 0.6 is 0 Å². The van der Waals surface area contributed by atoms with Gasteiger partial charge in [0.1, 0.15) is 11.6 Å². The van der Waals surface area contributed by atoms with Gasteiger partial charge < -0.3 is 19.7 Å². The highest BCUT2D eigenvalue weighted by atomic mass is 32.2. The fourth-order valence-corrected chi connectivity index (χ4v) is 7.34. The van der Waals surface area contributed by atoms with E-state index >= 15 is 0 Å². The van der Waals surface area contributed by atoms with E-state index in [0.29, 0.717) is 62.0 Å². The third-order valence-corrected chi connectivity index (χ3v) is 9.97. The summed E-state index contributed by atoms with van der Waals surface area (Å²) < 4.78 is 42.4. The van der Waals surface area contributed by atoms with Crippen LogP contribution in [0.1, 0.15) is 75.6 Å². The van der Waals surface area contributed by atoms with Crippen LogP contribution < -0.4 is 19.7 Å². The lowest BCUT2D eigenvalue weighted by Gasteiger charge is -2.33. The van der Waals surface area contributed by atoms with E-state index in [1.165, 1.54) is 44.6 Å². The molecular formula is C31H41N7O5S. The molecule has 5 heterocycles. The molecule has 0 spiro atoms. The van der Waals surface area contributed by atoms with Crippen molar-refractivity contribution in [1.29, 1.82) is 0 Å². The standard InChI is InChI=1S/C31H41N7O5S/c1-31(2)20-23-21-37(31)29-24(30(39)36-44(40,41)28-11-7-10-25(33-28)32-16-19-42-23)12-13-26(34-29)38-17-14-27(35-38)43-18-15-22-8-5-3-4-6-9-22/h7,10-14,17,22-23H,3-6,8-9,15-16,18-21H2,1-2H3,(H,32,33)(H,36,39). The highest BCUT2D eigenvalue weighted by Gasteiger charge is 2.41. The SMILES string of the molecule is CC1(C)CC2CN1c1nc(-n3ccc(OCCC4CCCCCC4)n3)ccc1C(=O)NS(=O)(=O)c1cccc(n1)NCCO2. The molecule has 1 atom stereocenters. The van der Waals surface area contributed by atoms with Gasteiger partial charge in [-0.2, -0.15) is 8.42 Å². The van der Waals surface area contributed by atoms with Crippen molar-refractivity contribution in [3.63, 3.8) is 0 Å². The quantitative estimate of drug-likeness (QED) is 0.395. The van der Waals surface area contributed by atoms with Gasteiger partial charge in [-0.25, -0.2) is 19.4 Å². The molecule has 13 heteroatoms. The maximum Gasteiger partial charge on any atom is 0.281 e. The summed E-state index contributed by atoms with van der Waals surface area (Å²) in [7, 11) is -4.25. The minimum Gasteiger partial charge on any atom is -0.477 e. The maximum atomic E-state index is 13.6. The largest absolute Gasteiger partial charge is 0.477 e. The molecule has 6 rings (SSSR count). The zero-order valence-electron chi connectivity index (χ0n) is 25.4. The van der Waals surface area contributed by atoms with E-state index in [2.05, 4.69) is 34.0 Å². The van der Waals surface area contributed by atoms with Crippen LogP contribution in [0, 0.1) is 5.92 Å². The zero-order chi connectivity index (χ0) is 30.7. The van der Waals surface area contributed by atoms with E-state index in [1.54, 1.807) is 35.1 Å². The average molecular weight is 624 g/mol. The van der Waals surface area contributed by atoms with Crippen molar-refractivity contribution >= 4 is 27.6 Å². The van der Waals surface area contributed by atoms with Crippen molar-refractivity contribution < 1.29 is 22.7 Å². The molecule has 0 aromatic carbocycles. The molecule has 3 aliphatic rings.